The van der Waals surface area contributed by atoms with Crippen molar-refractivity contribution < 1.29 is 14.0 Å². The quantitative estimate of drug-likeness (QED) is 0.781. The molecule has 1 fully saturated rings. The molecule has 2 aromatic rings. The zero-order chi connectivity index (χ0) is 19.6. The molecule has 1 saturated heterocycles. The summed E-state index contributed by atoms with van der Waals surface area (Å²) in [4.78, 5) is 28.4. The first-order valence-electron chi connectivity index (χ1n) is 9.35. The molecule has 1 atom stereocenters. The fourth-order valence-electron chi connectivity index (χ4n) is 3.25. The Labute approximate surface area is 159 Å². The molecule has 1 aromatic carbocycles. The number of benzene rings is 1. The van der Waals surface area contributed by atoms with E-state index in [1.54, 1.807) is 16.8 Å². The standard InChI is InChI=1S/C20H26N4O3/c1-5-17-21-22-18(27-17)12-23(4)20(26)15-10-19(25)24(11-15)16-8-6-14(7-9-16)13(2)3/h6-9,13,15H,5,10-12H2,1-4H3. The van der Waals surface area contributed by atoms with Gasteiger partial charge < -0.3 is 14.2 Å². The molecule has 0 aliphatic carbocycles. The highest BCUT2D eigenvalue weighted by Gasteiger charge is 2.36. The van der Waals surface area contributed by atoms with E-state index in [0.29, 0.717) is 30.7 Å². The van der Waals surface area contributed by atoms with Gasteiger partial charge in [-0.25, -0.2) is 0 Å². The van der Waals surface area contributed by atoms with Crippen LogP contribution in [-0.4, -0.2) is 40.5 Å². The van der Waals surface area contributed by atoms with Crippen LogP contribution in [0.3, 0.4) is 0 Å². The molecule has 0 spiro atoms. The van der Waals surface area contributed by atoms with Gasteiger partial charge in [-0.2, -0.15) is 0 Å². The van der Waals surface area contributed by atoms with Crippen molar-refractivity contribution in [1.82, 2.24) is 15.1 Å². The summed E-state index contributed by atoms with van der Waals surface area (Å²) in [6.07, 6.45) is 0.880. The summed E-state index contributed by atoms with van der Waals surface area (Å²) in [6, 6.07) is 7.98. The predicted molar refractivity (Wildman–Crippen MR) is 101 cm³/mol. The first-order chi connectivity index (χ1) is 12.9. The second-order valence-corrected chi connectivity index (χ2v) is 7.29. The number of nitrogens with zero attached hydrogens (tertiary/aromatic N) is 4. The summed E-state index contributed by atoms with van der Waals surface area (Å²) in [5, 5.41) is 7.86. The normalized spacial score (nSPS) is 17.0. The molecule has 2 heterocycles. The Hall–Kier alpha value is -2.70. The van der Waals surface area contributed by atoms with Gasteiger partial charge in [0.2, 0.25) is 23.6 Å². The van der Waals surface area contributed by atoms with Gasteiger partial charge in [-0.15, -0.1) is 10.2 Å². The lowest BCUT2D eigenvalue weighted by Gasteiger charge is -2.20. The Morgan fingerprint density at radius 2 is 1.93 bits per heavy atom. The molecule has 2 amide bonds. The summed E-state index contributed by atoms with van der Waals surface area (Å²) >= 11 is 0. The lowest BCUT2D eigenvalue weighted by Crippen LogP contribution is -2.34. The van der Waals surface area contributed by atoms with E-state index in [4.69, 9.17) is 4.42 Å². The van der Waals surface area contributed by atoms with E-state index in [-0.39, 0.29) is 30.7 Å². The molecular weight excluding hydrogens is 344 g/mol. The van der Waals surface area contributed by atoms with Crippen molar-refractivity contribution in [2.24, 2.45) is 5.92 Å². The summed E-state index contributed by atoms with van der Waals surface area (Å²) in [5.41, 5.74) is 2.07. The predicted octanol–water partition coefficient (Wildman–Crippen LogP) is 2.77. The summed E-state index contributed by atoms with van der Waals surface area (Å²) in [6.45, 7) is 6.84. The van der Waals surface area contributed by atoms with E-state index in [2.05, 4.69) is 24.0 Å². The van der Waals surface area contributed by atoms with Crippen molar-refractivity contribution in [3.8, 4) is 0 Å². The molecule has 0 bridgehead atoms. The third-order valence-corrected chi connectivity index (χ3v) is 4.91. The van der Waals surface area contributed by atoms with E-state index in [0.717, 1.165) is 5.69 Å². The number of aryl methyl sites for hydroxylation is 1. The highest BCUT2D eigenvalue weighted by atomic mass is 16.4. The molecule has 27 heavy (non-hydrogen) atoms. The maximum atomic E-state index is 12.7. The SMILES string of the molecule is CCc1nnc(CN(C)C(=O)C2CC(=O)N(c3ccc(C(C)C)cc3)C2)o1. The molecule has 144 valence electrons. The van der Waals surface area contributed by atoms with Crippen LogP contribution in [0.4, 0.5) is 5.69 Å². The number of anilines is 1. The van der Waals surface area contributed by atoms with Crippen molar-refractivity contribution in [2.75, 3.05) is 18.5 Å². The third-order valence-electron chi connectivity index (χ3n) is 4.91. The molecular formula is C20H26N4O3. The summed E-state index contributed by atoms with van der Waals surface area (Å²) in [7, 11) is 1.70. The van der Waals surface area contributed by atoms with Gasteiger partial charge in [0.05, 0.1) is 12.5 Å². The minimum Gasteiger partial charge on any atom is -0.423 e. The van der Waals surface area contributed by atoms with Crippen molar-refractivity contribution in [2.45, 2.75) is 46.1 Å². The van der Waals surface area contributed by atoms with Crippen molar-refractivity contribution in [1.29, 1.82) is 0 Å². The maximum absolute atomic E-state index is 12.7. The lowest BCUT2D eigenvalue weighted by molar-refractivity contribution is -0.135. The van der Waals surface area contributed by atoms with Crippen LogP contribution in [0.2, 0.25) is 0 Å². The van der Waals surface area contributed by atoms with Gasteiger partial charge in [0.25, 0.3) is 0 Å². The van der Waals surface area contributed by atoms with E-state index in [9.17, 15) is 9.59 Å². The Bertz CT molecular complexity index is 813. The number of carbonyl (C=O) groups is 2. The van der Waals surface area contributed by atoms with Crippen LogP contribution in [0, 0.1) is 5.92 Å². The van der Waals surface area contributed by atoms with Crippen LogP contribution in [0.1, 0.15) is 50.5 Å². The molecule has 1 aliphatic rings. The van der Waals surface area contributed by atoms with E-state index >= 15 is 0 Å². The van der Waals surface area contributed by atoms with Gasteiger partial charge in [-0.1, -0.05) is 32.9 Å². The van der Waals surface area contributed by atoms with Crippen LogP contribution >= 0.6 is 0 Å². The maximum Gasteiger partial charge on any atom is 0.235 e. The summed E-state index contributed by atoms with van der Waals surface area (Å²) in [5.74, 6) is 0.937. The van der Waals surface area contributed by atoms with Gasteiger partial charge in [0.15, 0.2) is 0 Å². The largest absolute Gasteiger partial charge is 0.423 e. The minimum absolute atomic E-state index is 0.0230. The monoisotopic (exact) mass is 370 g/mol. The number of amides is 2. The lowest BCUT2D eigenvalue weighted by atomic mass is 10.0. The zero-order valence-electron chi connectivity index (χ0n) is 16.3. The first-order valence-corrected chi connectivity index (χ1v) is 9.35. The van der Waals surface area contributed by atoms with Crippen molar-refractivity contribution in [3.05, 3.63) is 41.6 Å². The molecule has 0 radical (unpaired) electrons. The minimum atomic E-state index is -0.360. The number of carbonyl (C=O) groups excluding carboxylic acids is 2. The number of hydrogen-bond donors (Lipinski definition) is 0. The van der Waals surface area contributed by atoms with Gasteiger partial charge in [0.1, 0.15) is 0 Å². The molecule has 1 aromatic heterocycles. The highest BCUT2D eigenvalue weighted by Crippen LogP contribution is 2.28. The number of hydrogen-bond acceptors (Lipinski definition) is 5. The van der Waals surface area contributed by atoms with E-state index in [1.807, 2.05) is 31.2 Å². The Morgan fingerprint density at radius 3 is 2.52 bits per heavy atom. The Balaban J connectivity index is 1.64. The fourth-order valence-corrected chi connectivity index (χ4v) is 3.25. The molecule has 0 saturated carbocycles. The van der Waals surface area contributed by atoms with Crippen LogP contribution in [0.15, 0.2) is 28.7 Å². The fraction of sp³-hybridized carbons (Fsp3) is 0.500. The molecule has 1 unspecified atom stereocenters. The Morgan fingerprint density at radius 1 is 1.26 bits per heavy atom. The molecule has 3 rings (SSSR count). The van der Waals surface area contributed by atoms with Crippen LogP contribution in [-0.2, 0) is 22.6 Å². The first kappa shape index (κ1) is 19.1. The van der Waals surface area contributed by atoms with E-state index in [1.165, 1.54) is 5.56 Å². The molecule has 7 heteroatoms. The highest BCUT2D eigenvalue weighted by molar-refractivity contribution is 6.00. The molecule has 0 N–H and O–H groups in total. The Kier molecular flexibility index (Phi) is 5.58. The van der Waals surface area contributed by atoms with Gasteiger partial charge in [-0.3, -0.25) is 9.59 Å². The second-order valence-electron chi connectivity index (χ2n) is 7.29. The topological polar surface area (TPSA) is 79.5 Å². The van der Waals surface area contributed by atoms with Crippen molar-refractivity contribution >= 4 is 17.5 Å². The van der Waals surface area contributed by atoms with E-state index < -0.39 is 0 Å². The van der Waals surface area contributed by atoms with Crippen LogP contribution in [0.25, 0.3) is 0 Å². The molecule has 1 aliphatic heterocycles. The van der Waals surface area contributed by atoms with Crippen LogP contribution in [0.5, 0.6) is 0 Å². The van der Waals surface area contributed by atoms with Gasteiger partial charge >= 0.3 is 0 Å². The van der Waals surface area contributed by atoms with Crippen LogP contribution < -0.4 is 4.90 Å². The van der Waals surface area contributed by atoms with Gasteiger partial charge in [-0.05, 0) is 23.6 Å². The third kappa shape index (κ3) is 4.18. The average molecular weight is 370 g/mol. The number of aromatic nitrogens is 2. The zero-order valence-corrected chi connectivity index (χ0v) is 16.3. The van der Waals surface area contributed by atoms with Gasteiger partial charge in [0, 0.05) is 32.1 Å². The smallest absolute Gasteiger partial charge is 0.235 e. The summed E-state index contributed by atoms with van der Waals surface area (Å²) < 4.78 is 5.46. The van der Waals surface area contributed by atoms with Crippen molar-refractivity contribution in [3.63, 3.8) is 0 Å². The average Bonchev–Trinajstić information content (AvgIpc) is 3.27. The number of rotatable bonds is 6. The molecule has 7 nitrogen and oxygen atoms in total. The second kappa shape index (κ2) is 7.90.